The Kier molecular flexibility index (Phi) is 3.84. The highest BCUT2D eigenvalue weighted by Gasteiger charge is 2.33. The molecule has 0 aromatic carbocycles. The molecule has 2 aliphatic heterocycles. The van der Waals surface area contributed by atoms with Crippen molar-refractivity contribution >= 4 is 27.2 Å². The third kappa shape index (κ3) is 3.34. The molecule has 0 spiro atoms. The predicted octanol–water partition coefficient (Wildman–Crippen LogP) is 1.05. The lowest BCUT2D eigenvalue weighted by atomic mass is 10.1. The van der Waals surface area contributed by atoms with E-state index in [4.69, 9.17) is 0 Å². The highest BCUT2D eigenvalue weighted by Crippen LogP contribution is 2.22. The number of anilines is 2. The first kappa shape index (κ1) is 14.3. The van der Waals surface area contributed by atoms with Crippen molar-refractivity contribution < 1.29 is 13.2 Å². The van der Waals surface area contributed by atoms with E-state index >= 15 is 0 Å². The van der Waals surface area contributed by atoms with Crippen LogP contribution in [0.15, 0.2) is 18.3 Å². The van der Waals surface area contributed by atoms with Gasteiger partial charge in [0.25, 0.3) is 0 Å². The summed E-state index contributed by atoms with van der Waals surface area (Å²) in [6.07, 6.45) is 4.57. The predicted molar refractivity (Wildman–Crippen MR) is 81.1 cm³/mol. The van der Waals surface area contributed by atoms with E-state index in [9.17, 15) is 13.2 Å². The summed E-state index contributed by atoms with van der Waals surface area (Å²) >= 11 is 0. The summed E-state index contributed by atoms with van der Waals surface area (Å²) in [6.45, 7) is 2.10. The largest absolute Gasteiger partial charge is 0.370 e. The van der Waals surface area contributed by atoms with Crippen LogP contribution in [0.5, 0.6) is 0 Å². The molecule has 0 unspecified atom stereocenters. The van der Waals surface area contributed by atoms with Crippen LogP contribution >= 0.6 is 0 Å². The number of aromatic nitrogens is 1. The number of amides is 1. The number of rotatable bonds is 3. The molecule has 0 bridgehead atoms. The van der Waals surface area contributed by atoms with Crippen LogP contribution in [-0.4, -0.2) is 43.9 Å². The van der Waals surface area contributed by atoms with Crippen LogP contribution in [0.2, 0.25) is 0 Å². The van der Waals surface area contributed by atoms with Gasteiger partial charge < -0.3 is 10.2 Å². The van der Waals surface area contributed by atoms with Crippen molar-refractivity contribution in [1.29, 1.82) is 0 Å². The van der Waals surface area contributed by atoms with Crippen LogP contribution in [0.25, 0.3) is 0 Å². The minimum Gasteiger partial charge on any atom is -0.370 e. The molecule has 1 N–H and O–H groups in total. The van der Waals surface area contributed by atoms with Crippen LogP contribution in [0.4, 0.5) is 11.5 Å². The number of hydrogen-bond donors (Lipinski definition) is 1. The van der Waals surface area contributed by atoms with Crippen LogP contribution in [0.3, 0.4) is 0 Å². The van der Waals surface area contributed by atoms with Gasteiger partial charge in [-0.3, -0.25) is 4.79 Å². The zero-order chi connectivity index (χ0) is 14.9. The quantitative estimate of drug-likeness (QED) is 0.903. The fourth-order valence-electron chi connectivity index (χ4n) is 2.85. The van der Waals surface area contributed by atoms with E-state index in [1.165, 1.54) is 12.8 Å². The summed E-state index contributed by atoms with van der Waals surface area (Å²) in [5.41, 5.74) is 1.06. The Bertz CT molecular complexity index is 621. The summed E-state index contributed by atoms with van der Waals surface area (Å²) in [4.78, 5) is 18.5. The maximum absolute atomic E-state index is 12.0. The van der Waals surface area contributed by atoms with Crippen molar-refractivity contribution in [3.63, 3.8) is 0 Å². The minimum absolute atomic E-state index is 0.0509. The van der Waals surface area contributed by atoms with Gasteiger partial charge in [0.2, 0.25) is 5.91 Å². The van der Waals surface area contributed by atoms with E-state index in [1.54, 1.807) is 12.3 Å². The van der Waals surface area contributed by atoms with E-state index < -0.39 is 15.8 Å². The van der Waals surface area contributed by atoms with Gasteiger partial charge in [0.1, 0.15) is 5.82 Å². The number of hydrogen-bond acceptors (Lipinski definition) is 5. The third-order valence-electron chi connectivity index (χ3n) is 4.07. The van der Waals surface area contributed by atoms with Crippen LogP contribution < -0.4 is 10.2 Å². The molecule has 6 nitrogen and oxygen atoms in total. The number of pyridine rings is 1. The molecule has 0 saturated carbocycles. The molecule has 3 heterocycles. The second-order valence-corrected chi connectivity index (χ2v) is 7.91. The molecule has 0 radical (unpaired) electrons. The van der Waals surface area contributed by atoms with Crippen molar-refractivity contribution in [2.24, 2.45) is 5.92 Å². The summed E-state index contributed by atoms with van der Waals surface area (Å²) in [5.74, 6) is -0.170. The van der Waals surface area contributed by atoms with Gasteiger partial charge in [-0.1, -0.05) is 0 Å². The average Bonchev–Trinajstić information content (AvgIpc) is 3.09. The molecular formula is C14H19N3O3S. The molecule has 1 aromatic heterocycles. The molecule has 2 saturated heterocycles. The van der Waals surface area contributed by atoms with Gasteiger partial charge in [0, 0.05) is 13.1 Å². The molecule has 1 amide bonds. The second-order valence-electron chi connectivity index (χ2n) is 5.69. The minimum atomic E-state index is -3.04. The van der Waals surface area contributed by atoms with Gasteiger partial charge >= 0.3 is 0 Å². The standard InChI is InChI=1S/C14H19N3O3S/c18-14(11-5-8-21(19,20)10-11)16-13-4-3-12(9-15-13)17-6-1-2-7-17/h3-4,9,11H,1-2,5-8,10H2,(H,15,16,18)/t11-/m0/s1. The van der Waals surface area contributed by atoms with Gasteiger partial charge in [0.05, 0.1) is 29.3 Å². The Labute approximate surface area is 124 Å². The zero-order valence-electron chi connectivity index (χ0n) is 11.8. The number of sulfone groups is 1. The van der Waals surface area contributed by atoms with Crippen molar-refractivity contribution in [2.75, 3.05) is 34.8 Å². The maximum atomic E-state index is 12.0. The number of nitrogens with zero attached hydrogens (tertiary/aromatic N) is 2. The molecule has 7 heteroatoms. The topological polar surface area (TPSA) is 79.4 Å². The Morgan fingerprint density at radius 2 is 2.05 bits per heavy atom. The number of carbonyl (C=O) groups is 1. The lowest BCUT2D eigenvalue weighted by Gasteiger charge is -2.17. The highest BCUT2D eigenvalue weighted by atomic mass is 32.2. The average molecular weight is 309 g/mol. The van der Waals surface area contributed by atoms with E-state index in [2.05, 4.69) is 15.2 Å². The third-order valence-corrected chi connectivity index (χ3v) is 5.84. The van der Waals surface area contributed by atoms with Gasteiger partial charge in [-0.2, -0.15) is 0 Å². The van der Waals surface area contributed by atoms with Crippen LogP contribution in [0.1, 0.15) is 19.3 Å². The number of nitrogens with one attached hydrogen (secondary N) is 1. The second kappa shape index (κ2) is 5.63. The SMILES string of the molecule is O=C(Nc1ccc(N2CCCC2)cn1)[C@H]1CCS(=O)(=O)C1. The molecule has 0 aliphatic carbocycles. The lowest BCUT2D eigenvalue weighted by Crippen LogP contribution is -2.24. The van der Waals surface area contributed by atoms with Crippen molar-refractivity contribution in [1.82, 2.24) is 4.98 Å². The normalized spacial score (nSPS) is 24.2. The van der Waals surface area contributed by atoms with E-state index in [0.717, 1.165) is 18.8 Å². The van der Waals surface area contributed by atoms with E-state index in [-0.39, 0.29) is 17.4 Å². The number of carbonyl (C=O) groups excluding carboxylic acids is 1. The first-order valence-electron chi connectivity index (χ1n) is 7.26. The molecule has 21 heavy (non-hydrogen) atoms. The molecule has 1 atom stereocenters. The Hall–Kier alpha value is -1.63. The lowest BCUT2D eigenvalue weighted by molar-refractivity contribution is -0.119. The Balaban J connectivity index is 1.61. The van der Waals surface area contributed by atoms with Crippen LogP contribution in [-0.2, 0) is 14.6 Å². The zero-order valence-corrected chi connectivity index (χ0v) is 12.6. The van der Waals surface area contributed by atoms with Gasteiger partial charge in [-0.25, -0.2) is 13.4 Å². The fraction of sp³-hybridized carbons (Fsp3) is 0.571. The molecule has 114 valence electrons. The summed E-state index contributed by atoms with van der Waals surface area (Å²) in [5, 5.41) is 2.71. The summed E-state index contributed by atoms with van der Waals surface area (Å²) in [6, 6.07) is 3.72. The first-order valence-corrected chi connectivity index (χ1v) is 9.08. The van der Waals surface area contributed by atoms with Gasteiger partial charge in [-0.15, -0.1) is 0 Å². The van der Waals surface area contributed by atoms with Gasteiger partial charge in [0.15, 0.2) is 9.84 Å². The van der Waals surface area contributed by atoms with Crippen molar-refractivity contribution in [3.05, 3.63) is 18.3 Å². The van der Waals surface area contributed by atoms with Crippen LogP contribution in [0, 0.1) is 5.92 Å². The molecule has 3 rings (SSSR count). The maximum Gasteiger partial charge on any atom is 0.229 e. The Morgan fingerprint density at radius 1 is 1.29 bits per heavy atom. The van der Waals surface area contributed by atoms with Gasteiger partial charge in [-0.05, 0) is 31.4 Å². The highest BCUT2D eigenvalue weighted by molar-refractivity contribution is 7.91. The molecule has 2 aliphatic rings. The molecule has 1 aromatic rings. The molecular weight excluding hydrogens is 290 g/mol. The van der Waals surface area contributed by atoms with Crippen molar-refractivity contribution in [3.8, 4) is 0 Å². The monoisotopic (exact) mass is 309 g/mol. The molecule has 2 fully saturated rings. The first-order chi connectivity index (χ1) is 10.0. The summed E-state index contributed by atoms with van der Waals surface area (Å²) in [7, 11) is -3.04. The summed E-state index contributed by atoms with van der Waals surface area (Å²) < 4.78 is 22.8. The van der Waals surface area contributed by atoms with E-state index in [0.29, 0.717) is 12.2 Å². The smallest absolute Gasteiger partial charge is 0.229 e. The Morgan fingerprint density at radius 3 is 2.62 bits per heavy atom. The van der Waals surface area contributed by atoms with Crippen molar-refractivity contribution in [2.45, 2.75) is 19.3 Å². The fourth-order valence-corrected chi connectivity index (χ4v) is 4.59. The van der Waals surface area contributed by atoms with E-state index in [1.807, 2.05) is 6.07 Å².